The quantitative estimate of drug-likeness (QED) is 0.814. The van der Waals surface area contributed by atoms with Crippen molar-refractivity contribution in [1.29, 1.82) is 0 Å². The molecule has 0 radical (unpaired) electrons. The molecule has 0 spiro atoms. The van der Waals surface area contributed by atoms with Crippen LogP contribution < -0.4 is 5.32 Å². The van der Waals surface area contributed by atoms with E-state index in [1.54, 1.807) is 0 Å². The van der Waals surface area contributed by atoms with Gasteiger partial charge < -0.3 is 10.1 Å². The molecule has 2 fully saturated rings. The molecule has 1 saturated heterocycles. The van der Waals surface area contributed by atoms with Gasteiger partial charge in [0.05, 0.1) is 15.3 Å². The van der Waals surface area contributed by atoms with Crippen LogP contribution in [0.5, 0.6) is 0 Å². The summed E-state index contributed by atoms with van der Waals surface area (Å²) in [5.74, 6) is 7.34. The third-order valence-corrected chi connectivity index (χ3v) is 6.02. The zero-order valence-corrected chi connectivity index (χ0v) is 14.5. The molecular weight excluding hydrogens is 302 g/mol. The monoisotopic (exact) mass is 325 g/mol. The largest absolute Gasteiger partial charge is 0.381 e. The first kappa shape index (κ1) is 15.1. The number of thiophene rings is 1. The van der Waals surface area contributed by atoms with Crippen molar-refractivity contribution in [2.75, 3.05) is 18.5 Å². The van der Waals surface area contributed by atoms with Crippen LogP contribution in [-0.4, -0.2) is 19.3 Å². The van der Waals surface area contributed by atoms with E-state index < -0.39 is 0 Å². The number of nitrogens with one attached hydrogen (secondary N) is 1. The van der Waals surface area contributed by atoms with Crippen molar-refractivity contribution in [3.8, 4) is 11.8 Å². The first-order valence-electron chi connectivity index (χ1n) is 8.66. The number of benzene rings is 1. The summed E-state index contributed by atoms with van der Waals surface area (Å²) in [5, 5.41) is 5.17. The van der Waals surface area contributed by atoms with Crippen molar-refractivity contribution in [2.24, 2.45) is 5.92 Å². The molecule has 0 bridgehead atoms. The fourth-order valence-corrected chi connectivity index (χ4v) is 4.59. The second kappa shape index (κ2) is 6.55. The van der Waals surface area contributed by atoms with Gasteiger partial charge in [0.15, 0.2) is 0 Å². The Bertz CT molecular complexity index is 757. The summed E-state index contributed by atoms with van der Waals surface area (Å²) in [6.45, 7) is 3.68. The molecule has 0 unspecified atom stereocenters. The number of hydrogen-bond acceptors (Lipinski definition) is 3. The Morgan fingerprint density at radius 3 is 2.78 bits per heavy atom. The van der Waals surface area contributed by atoms with Crippen LogP contribution in [0.25, 0.3) is 10.1 Å². The molecule has 2 aliphatic rings. The minimum absolute atomic E-state index is 0.532. The molecule has 0 amide bonds. The van der Waals surface area contributed by atoms with Gasteiger partial charge in [-0.2, -0.15) is 0 Å². The van der Waals surface area contributed by atoms with Crippen LogP contribution in [0, 0.1) is 17.8 Å². The Hall–Kier alpha value is -1.50. The number of hydrogen-bond donors (Lipinski definition) is 1. The van der Waals surface area contributed by atoms with Crippen LogP contribution in [0.15, 0.2) is 18.2 Å². The topological polar surface area (TPSA) is 21.3 Å². The third kappa shape index (κ3) is 3.24. The van der Waals surface area contributed by atoms with Gasteiger partial charge in [0.2, 0.25) is 0 Å². The van der Waals surface area contributed by atoms with Gasteiger partial charge in [-0.25, -0.2) is 0 Å². The van der Waals surface area contributed by atoms with Crippen LogP contribution in [-0.2, 0) is 11.2 Å². The predicted molar refractivity (Wildman–Crippen MR) is 98.3 cm³/mol. The standard InChI is InChI=1S/C20H23NOS/c1-2-4-19-17(13-14-7-8-14)16-5-3-6-18(20(16)23-19)21-15-9-11-22-12-10-15/h3,5-6,14-15,21H,7-13H2,1H3. The lowest BCUT2D eigenvalue weighted by atomic mass is 10.0. The number of fused-ring (bicyclic) bond motifs is 1. The summed E-state index contributed by atoms with van der Waals surface area (Å²) in [4.78, 5) is 1.27. The highest BCUT2D eigenvalue weighted by Gasteiger charge is 2.25. The van der Waals surface area contributed by atoms with Gasteiger partial charge in [0.1, 0.15) is 0 Å². The molecule has 4 rings (SSSR count). The van der Waals surface area contributed by atoms with Crippen molar-refractivity contribution in [3.63, 3.8) is 0 Å². The molecule has 1 saturated carbocycles. The summed E-state index contributed by atoms with van der Waals surface area (Å²) in [6.07, 6.45) is 6.16. The maximum absolute atomic E-state index is 5.48. The van der Waals surface area contributed by atoms with E-state index in [-0.39, 0.29) is 0 Å². The van der Waals surface area contributed by atoms with Gasteiger partial charge in [-0.05, 0) is 62.0 Å². The van der Waals surface area contributed by atoms with Crippen molar-refractivity contribution in [2.45, 2.75) is 45.1 Å². The predicted octanol–water partition coefficient (Wildman–Crippen LogP) is 4.82. The van der Waals surface area contributed by atoms with E-state index in [0.717, 1.165) is 32.0 Å². The molecule has 120 valence electrons. The highest BCUT2D eigenvalue weighted by molar-refractivity contribution is 7.20. The minimum atomic E-state index is 0.532. The van der Waals surface area contributed by atoms with Crippen molar-refractivity contribution in [3.05, 3.63) is 28.6 Å². The van der Waals surface area contributed by atoms with Crippen LogP contribution in [0.4, 0.5) is 5.69 Å². The molecule has 2 aromatic rings. The summed E-state index contributed by atoms with van der Waals surface area (Å²) < 4.78 is 6.86. The zero-order chi connectivity index (χ0) is 15.6. The summed E-state index contributed by atoms with van der Waals surface area (Å²) in [6, 6.07) is 7.22. The maximum Gasteiger partial charge on any atom is 0.0813 e. The molecule has 1 N–H and O–H groups in total. The van der Waals surface area contributed by atoms with Crippen molar-refractivity contribution < 1.29 is 4.74 Å². The lowest BCUT2D eigenvalue weighted by molar-refractivity contribution is 0.0905. The molecule has 1 aromatic carbocycles. The zero-order valence-electron chi connectivity index (χ0n) is 13.7. The van der Waals surface area contributed by atoms with Gasteiger partial charge >= 0.3 is 0 Å². The molecule has 3 heteroatoms. The first-order valence-corrected chi connectivity index (χ1v) is 9.48. The Kier molecular flexibility index (Phi) is 4.29. The van der Waals surface area contributed by atoms with E-state index in [4.69, 9.17) is 4.74 Å². The normalized spacial score (nSPS) is 18.7. The molecule has 1 aliphatic carbocycles. The Labute approximate surface area is 142 Å². The third-order valence-electron chi connectivity index (χ3n) is 4.83. The maximum atomic E-state index is 5.48. The average molecular weight is 325 g/mol. The highest BCUT2D eigenvalue weighted by Crippen LogP contribution is 2.41. The molecule has 23 heavy (non-hydrogen) atoms. The minimum Gasteiger partial charge on any atom is -0.381 e. The highest BCUT2D eigenvalue weighted by atomic mass is 32.1. The average Bonchev–Trinajstić information content (AvgIpc) is 3.32. The van der Waals surface area contributed by atoms with Gasteiger partial charge in [0, 0.05) is 19.3 Å². The molecule has 1 aliphatic heterocycles. The summed E-state index contributed by atoms with van der Waals surface area (Å²) >= 11 is 1.87. The van der Waals surface area contributed by atoms with Crippen molar-refractivity contribution >= 4 is 27.1 Å². The van der Waals surface area contributed by atoms with Gasteiger partial charge in [-0.3, -0.25) is 0 Å². The van der Waals surface area contributed by atoms with Crippen LogP contribution >= 0.6 is 11.3 Å². The Morgan fingerprint density at radius 1 is 1.22 bits per heavy atom. The van der Waals surface area contributed by atoms with E-state index in [9.17, 15) is 0 Å². The van der Waals surface area contributed by atoms with Crippen molar-refractivity contribution in [1.82, 2.24) is 0 Å². The molecule has 2 nitrogen and oxygen atoms in total. The van der Waals surface area contributed by atoms with E-state index in [0.29, 0.717) is 6.04 Å². The van der Waals surface area contributed by atoms with Crippen LogP contribution in [0.1, 0.15) is 43.0 Å². The van der Waals surface area contributed by atoms with E-state index >= 15 is 0 Å². The van der Waals surface area contributed by atoms with Gasteiger partial charge in [-0.1, -0.05) is 18.1 Å². The molecule has 0 atom stereocenters. The van der Waals surface area contributed by atoms with Gasteiger partial charge in [-0.15, -0.1) is 17.3 Å². The fourth-order valence-electron chi connectivity index (χ4n) is 3.37. The number of anilines is 1. The summed E-state index contributed by atoms with van der Waals surface area (Å²) in [7, 11) is 0. The first-order chi connectivity index (χ1) is 11.3. The Balaban J connectivity index is 1.71. The fraction of sp³-hybridized carbons (Fsp3) is 0.500. The molecular formula is C20H23NOS. The second-order valence-electron chi connectivity index (χ2n) is 6.65. The van der Waals surface area contributed by atoms with E-state index in [1.165, 1.54) is 45.5 Å². The van der Waals surface area contributed by atoms with E-state index in [2.05, 4.69) is 35.4 Å². The van der Waals surface area contributed by atoms with E-state index in [1.807, 2.05) is 18.3 Å². The van der Waals surface area contributed by atoms with Crippen LogP contribution in [0.3, 0.4) is 0 Å². The lowest BCUT2D eigenvalue weighted by Gasteiger charge is -2.24. The Morgan fingerprint density at radius 2 is 2.04 bits per heavy atom. The number of rotatable bonds is 4. The SMILES string of the molecule is CC#Cc1sc2c(NC3CCOCC3)cccc2c1CC1CC1. The van der Waals surface area contributed by atoms with Crippen LogP contribution in [0.2, 0.25) is 0 Å². The van der Waals surface area contributed by atoms with Gasteiger partial charge in [0.25, 0.3) is 0 Å². The smallest absolute Gasteiger partial charge is 0.0813 e. The summed E-state index contributed by atoms with van der Waals surface area (Å²) in [5.41, 5.74) is 2.76. The molecule has 1 aromatic heterocycles. The molecule has 2 heterocycles. The number of ether oxygens (including phenoxy) is 1. The second-order valence-corrected chi connectivity index (χ2v) is 7.67. The lowest BCUT2D eigenvalue weighted by Crippen LogP contribution is -2.27.